The summed E-state index contributed by atoms with van der Waals surface area (Å²) in [6.07, 6.45) is 7.24. The molecule has 1 unspecified atom stereocenters. The van der Waals surface area contributed by atoms with E-state index in [0.29, 0.717) is 0 Å². The zero-order valence-corrected chi connectivity index (χ0v) is 4.86. The quantitative estimate of drug-likeness (QED) is 0.504. The molecule has 1 atom stereocenters. The van der Waals surface area contributed by atoms with E-state index in [2.05, 4.69) is 0 Å². The first-order valence-electron chi connectivity index (χ1n) is 2.73. The number of aliphatic hydroxyl groups is 2. The summed E-state index contributed by atoms with van der Waals surface area (Å²) in [5.41, 5.74) is 0. The van der Waals surface area contributed by atoms with E-state index in [4.69, 9.17) is 10.2 Å². The molecule has 0 bridgehead atoms. The van der Waals surface area contributed by atoms with Gasteiger partial charge in [0.1, 0.15) is 11.9 Å². The molecule has 48 valence electrons. The van der Waals surface area contributed by atoms with Gasteiger partial charge in [-0.15, -0.1) is 0 Å². The number of aliphatic hydroxyl groups excluding tert-OH is 2. The number of hydrogen-bond acceptors (Lipinski definition) is 2. The third-order valence-corrected chi connectivity index (χ3v) is 1.09. The van der Waals surface area contributed by atoms with Gasteiger partial charge < -0.3 is 10.2 Å². The van der Waals surface area contributed by atoms with Gasteiger partial charge in [-0.25, -0.2) is 0 Å². The average molecular weight is 124 g/mol. The molecule has 1 rings (SSSR count). The fourth-order valence-corrected chi connectivity index (χ4v) is 0.585. The third-order valence-electron chi connectivity index (χ3n) is 1.09. The molecule has 0 heterocycles. The van der Waals surface area contributed by atoms with Crippen molar-refractivity contribution in [3.8, 4) is 0 Å². The first-order valence-corrected chi connectivity index (χ1v) is 2.73. The lowest BCUT2D eigenvalue weighted by atomic mass is 10.3. The van der Waals surface area contributed by atoms with E-state index in [-0.39, 0.29) is 5.76 Å². The molecule has 2 heteroatoms. The van der Waals surface area contributed by atoms with E-state index < -0.39 is 6.10 Å². The lowest BCUT2D eigenvalue weighted by Gasteiger charge is -1.99. The summed E-state index contributed by atoms with van der Waals surface area (Å²) in [5.74, 6) is -0.0139. The van der Waals surface area contributed by atoms with Crippen molar-refractivity contribution in [2.24, 2.45) is 0 Å². The van der Waals surface area contributed by atoms with Crippen LogP contribution in [0.3, 0.4) is 0 Å². The second-order valence-corrected chi connectivity index (χ2v) is 1.81. The van der Waals surface area contributed by atoms with Crippen LogP contribution >= 0.6 is 0 Å². The number of hydrogen-bond donors (Lipinski definition) is 2. The van der Waals surface area contributed by atoms with Crippen molar-refractivity contribution >= 4 is 0 Å². The highest BCUT2D eigenvalue weighted by Crippen LogP contribution is 2.03. The fraction of sp³-hybridized carbons (Fsp3) is 0.143. The van der Waals surface area contributed by atoms with Gasteiger partial charge in [-0.3, -0.25) is 0 Å². The Bertz CT molecular complexity index is 177. The van der Waals surface area contributed by atoms with E-state index in [1.54, 1.807) is 18.2 Å². The third kappa shape index (κ3) is 1.44. The maximum absolute atomic E-state index is 8.91. The van der Waals surface area contributed by atoms with Crippen LogP contribution in [0, 0.1) is 0 Å². The van der Waals surface area contributed by atoms with Gasteiger partial charge in [-0.2, -0.15) is 0 Å². The molecule has 2 N–H and O–H groups in total. The molecule has 0 saturated carbocycles. The van der Waals surface area contributed by atoms with Gasteiger partial charge in [-0.05, 0) is 12.2 Å². The number of allylic oxidation sites excluding steroid dienone is 4. The van der Waals surface area contributed by atoms with Crippen molar-refractivity contribution in [3.63, 3.8) is 0 Å². The summed E-state index contributed by atoms with van der Waals surface area (Å²) in [6, 6.07) is 0. The first kappa shape index (κ1) is 6.11. The molecule has 9 heavy (non-hydrogen) atoms. The first-order chi connectivity index (χ1) is 4.30. The van der Waals surface area contributed by atoms with Crippen molar-refractivity contribution in [3.05, 3.63) is 36.1 Å². The molecule has 1 aliphatic rings. The molecule has 0 radical (unpaired) electrons. The normalized spacial score (nSPS) is 25.4. The van der Waals surface area contributed by atoms with Crippen LogP contribution < -0.4 is 0 Å². The molecule has 0 aromatic heterocycles. The zero-order valence-electron chi connectivity index (χ0n) is 4.86. The smallest absolute Gasteiger partial charge is 0.129 e. The van der Waals surface area contributed by atoms with Crippen LogP contribution in [-0.4, -0.2) is 16.3 Å². The van der Waals surface area contributed by atoms with Gasteiger partial charge >= 0.3 is 0 Å². The Morgan fingerprint density at radius 3 is 2.78 bits per heavy atom. The molecule has 0 fully saturated rings. The van der Waals surface area contributed by atoms with Gasteiger partial charge in [0.2, 0.25) is 0 Å². The summed E-state index contributed by atoms with van der Waals surface area (Å²) < 4.78 is 0. The molecular formula is C7H8O2. The summed E-state index contributed by atoms with van der Waals surface area (Å²) in [5, 5.41) is 17.8. The predicted molar refractivity (Wildman–Crippen MR) is 35.0 cm³/mol. The van der Waals surface area contributed by atoms with Gasteiger partial charge in [0.15, 0.2) is 0 Å². The Morgan fingerprint density at radius 2 is 2.00 bits per heavy atom. The highest BCUT2D eigenvalue weighted by molar-refractivity contribution is 5.23. The van der Waals surface area contributed by atoms with E-state index in [1.165, 1.54) is 12.2 Å². The minimum absolute atomic E-state index is 0.0139. The fourth-order valence-electron chi connectivity index (χ4n) is 0.585. The molecule has 1 aliphatic carbocycles. The van der Waals surface area contributed by atoms with Gasteiger partial charge in [0.25, 0.3) is 0 Å². The average Bonchev–Trinajstić information content (AvgIpc) is 1.99. The lowest BCUT2D eigenvalue weighted by Crippen LogP contribution is -2.04. The topological polar surface area (TPSA) is 40.5 Å². The standard InChI is InChI=1S/C7H8O2/c8-6-4-2-1-3-5-7(6)9/h1-6,8-9H. The number of rotatable bonds is 0. The summed E-state index contributed by atoms with van der Waals surface area (Å²) in [6.45, 7) is 0. The van der Waals surface area contributed by atoms with Crippen molar-refractivity contribution < 1.29 is 10.2 Å². The Labute approximate surface area is 53.4 Å². The van der Waals surface area contributed by atoms with Crippen LogP contribution in [0.25, 0.3) is 0 Å². The predicted octanol–water partition coefficient (Wildman–Crippen LogP) is 0.915. The van der Waals surface area contributed by atoms with Crippen LogP contribution in [0.2, 0.25) is 0 Å². The molecule has 0 aromatic rings. The van der Waals surface area contributed by atoms with E-state index in [9.17, 15) is 0 Å². The maximum atomic E-state index is 8.91. The van der Waals surface area contributed by atoms with Crippen molar-refractivity contribution in [1.29, 1.82) is 0 Å². The van der Waals surface area contributed by atoms with Crippen molar-refractivity contribution in [1.82, 2.24) is 0 Å². The van der Waals surface area contributed by atoms with E-state index in [0.717, 1.165) is 0 Å². The van der Waals surface area contributed by atoms with Crippen LogP contribution in [0.4, 0.5) is 0 Å². The Kier molecular flexibility index (Phi) is 1.70. The van der Waals surface area contributed by atoms with Crippen LogP contribution in [0.15, 0.2) is 36.1 Å². The Hall–Kier alpha value is -1.02. The molecule has 0 aliphatic heterocycles. The van der Waals surface area contributed by atoms with Gasteiger partial charge in [0.05, 0.1) is 0 Å². The van der Waals surface area contributed by atoms with Gasteiger partial charge in [-0.1, -0.05) is 18.2 Å². The minimum Gasteiger partial charge on any atom is -0.509 e. The second kappa shape index (κ2) is 2.51. The van der Waals surface area contributed by atoms with Gasteiger partial charge in [0, 0.05) is 0 Å². The largest absolute Gasteiger partial charge is 0.509 e. The molecule has 0 saturated heterocycles. The SMILES string of the molecule is OC1=CC=CC=CC1O. The van der Waals surface area contributed by atoms with E-state index >= 15 is 0 Å². The van der Waals surface area contributed by atoms with Crippen molar-refractivity contribution in [2.45, 2.75) is 6.10 Å². The summed E-state index contributed by atoms with van der Waals surface area (Å²) >= 11 is 0. The van der Waals surface area contributed by atoms with E-state index in [1.807, 2.05) is 0 Å². The molecule has 0 aromatic carbocycles. The zero-order chi connectivity index (χ0) is 6.69. The maximum Gasteiger partial charge on any atom is 0.129 e. The van der Waals surface area contributed by atoms with Crippen LogP contribution in [0.1, 0.15) is 0 Å². The van der Waals surface area contributed by atoms with Crippen LogP contribution in [0.5, 0.6) is 0 Å². The molecule has 2 nitrogen and oxygen atoms in total. The summed E-state index contributed by atoms with van der Waals surface area (Å²) in [4.78, 5) is 0. The minimum atomic E-state index is -0.833. The lowest BCUT2D eigenvalue weighted by molar-refractivity contribution is 0.193. The Balaban J connectivity index is 2.80. The molecule has 0 amide bonds. The molecular weight excluding hydrogens is 116 g/mol. The second-order valence-electron chi connectivity index (χ2n) is 1.81. The monoisotopic (exact) mass is 124 g/mol. The highest BCUT2D eigenvalue weighted by atomic mass is 16.3. The molecule has 0 spiro atoms. The van der Waals surface area contributed by atoms with Crippen LogP contribution in [-0.2, 0) is 0 Å². The van der Waals surface area contributed by atoms with Crippen molar-refractivity contribution in [2.75, 3.05) is 0 Å². The highest BCUT2D eigenvalue weighted by Gasteiger charge is 2.03. The Morgan fingerprint density at radius 1 is 1.22 bits per heavy atom. The summed E-state index contributed by atoms with van der Waals surface area (Å²) in [7, 11) is 0.